The molecule has 2 N–H and O–H groups in total. The summed E-state index contributed by atoms with van der Waals surface area (Å²) in [6.45, 7) is 6.01. The van der Waals surface area contributed by atoms with E-state index >= 15 is 0 Å². The zero-order chi connectivity index (χ0) is 28.3. The molecule has 7 nitrogen and oxygen atoms in total. The number of allylic oxidation sites excluding steroid dienone is 4. The number of ether oxygens (including phenoxy) is 2. The molecule has 0 radical (unpaired) electrons. The molecule has 0 saturated carbocycles. The molecule has 1 amide bonds. The smallest absolute Gasteiger partial charge is 0.251 e. The average Bonchev–Trinajstić information content (AvgIpc) is 3.11. The number of nitrogens with one attached hydrogen (secondary N) is 1. The highest BCUT2D eigenvalue weighted by Gasteiger charge is 2.35. The van der Waals surface area contributed by atoms with E-state index in [9.17, 15) is 9.90 Å². The SMILES string of the molecule is CNC(=O)C(C)(C)OC1C=CC=C2Oc3ncccc3C(=CCCN3CCC(O)(c4ccc(Cl)cc4)CC3)C=C21. The molecule has 2 aromatic rings. The molecule has 1 atom stereocenters. The van der Waals surface area contributed by atoms with Crippen molar-refractivity contribution in [3.63, 3.8) is 0 Å². The summed E-state index contributed by atoms with van der Waals surface area (Å²) in [5.41, 5.74) is 1.82. The van der Waals surface area contributed by atoms with Gasteiger partial charge in [0.2, 0.25) is 5.88 Å². The summed E-state index contributed by atoms with van der Waals surface area (Å²) in [7, 11) is 1.60. The molecule has 1 aromatic carbocycles. The number of likely N-dealkylation sites (tertiary alicyclic amines) is 1. The van der Waals surface area contributed by atoms with Crippen LogP contribution in [0.4, 0.5) is 0 Å². The van der Waals surface area contributed by atoms with E-state index in [1.54, 1.807) is 27.1 Å². The minimum absolute atomic E-state index is 0.197. The molecule has 1 unspecified atom stereocenters. The number of piperidine rings is 1. The molecule has 1 fully saturated rings. The number of fused-ring (bicyclic) bond motifs is 2. The van der Waals surface area contributed by atoms with Crippen LogP contribution in [-0.2, 0) is 15.1 Å². The summed E-state index contributed by atoms with van der Waals surface area (Å²) in [6, 6.07) is 11.4. The van der Waals surface area contributed by atoms with Gasteiger partial charge in [-0.25, -0.2) is 4.98 Å². The monoisotopic (exact) mass is 561 g/mol. The molecule has 0 spiro atoms. The zero-order valence-electron chi connectivity index (χ0n) is 23.2. The maximum Gasteiger partial charge on any atom is 0.251 e. The fraction of sp³-hybridized carbons (Fsp3) is 0.375. The molecule has 2 aliphatic heterocycles. The van der Waals surface area contributed by atoms with Gasteiger partial charge in [0, 0.05) is 49.0 Å². The lowest BCUT2D eigenvalue weighted by molar-refractivity contribution is -0.144. The molecule has 0 bridgehead atoms. The number of pyridine rings is 1. The number of aliphatic hydroxyl groups is 1. The van der Waals surface area contributed by atoms with E-state index in [1.807, 2.05) is 54.6 Å². The molecule has 210 valence electrons. The topological polar surface area (TPSA) is 83.9 Å². The van der Waals surface area contributed by atoms with Gasteiger partial charge in [0.05, 0.1) is 5.60 Å². The van der Waals surface area contributed by atoms with Gasteiger partial charge in [-0.2, -0.15) is 0 Å². The first-order valence-corrected chi connectivity index (χ1v) is 14.1. The lowest BCUT2D eigenvalue weighted by atomic mass is 9.84. The van der Waals surface area contributed by atoms with Crippen LogP contribution >= 0.6 is 11.6 Å². The predicted octanol–water partition coefficient (Wildman–Crippen LogP) is 5.17. The maximum atomic E-state index is 12.4. The third kappa shape index (κ3) is 6.08. The summed E-state index contributed by atoms with van der Waals surface area (Å²) < 4.78 is 12.5. The lowest BCUT2D eigenvalue weighted by Crippen LogP contribution is -2.45. The maximum absolute atomic E-state index is 12.4. The molecule has 1 saturated heterocycles. The highest BCUT2D eigenvalue weighted by molar-refractivity contribution is 6.30. The van der Waals surface area contributed by atoms with Crippen molar-refractivity contribution in [2.45, 2.75) is 50.4 Å². The van der Waals surface area contributed by atoms with Gasteiger partial charge < -0.3 is 24.8 Å². The van der Waals surface area contributed by atoms with Crippen LogP contribution in [0.3, 0.4) is 0 Å². The Balaban J connectivity index is 1.32. The molecule has 1 aromatic heterocycles. The van der Waals surface area contributed by atoms with E-state index in [0.717, 1.165) is 48.3 Å². The second-order valence-electron chi connectivity index (χ2n) is 10.9. The lowest BCUT2D eigenvalue weighted by Gasteiger charge is -2.38. The number of nitrogens with zero attached hydrogens (tertiary/aromatic N) is 2. The fourth-order valence-electron chi connectivity index (χ4n) is 5.41. The Bertz CT molecular complexity index is 1370. The Hall–Kier alpha value is -3.23. The summed E-state index contributed by atoms with van der Waals surface area (Å²) in [6.07, 6.45) is 13.4. The first kappa shape index (κ1) is 28.3. The number of hydrogen-bond donors (Lipinski definition) is 2. The van der Waals surface area contributed by atoms with Gasteiger partial charge in [0.15, 0.2) is 0 Å². The Morgan fingerprint density at radius 1 is 1.27 bits per heavy atom. The Labute approximate surface area is 240 Å². The molecule has 8 heteroatoms. The van der Waals surface area contributed by atoms with Gasteiger partial charge in [0.1, 0.15) is 17.5 Å². The van der Waals surface area contributed by atoms with Crippen molar-refractivity contribution in [1.82, 2.24) is 15.2 Å². The number of aromatic nitrogens is 1. The highest BCUT2D eigenvalue weighted by Crippen LogP contribution is 2.38. The van der Waals surface area contributed by atoms with E-state index < -0.39 is 17.3 Å². The molecule has 3 aliphatic rings. The second kappa shape index (κ2) is 11.7. The van der Waals surface area contributed by atoms with E-state index in [2.05, 4.69) is 27.4 Å². The van der Waals surface area contributed by atoms with Gasteiger partial charge in [-0.05, 0) is 80.7 Å². The number of benzene rings is 1. The fourth-order valence-corrected chi connectivity index (χ4v) is 5.54. The van der Waals surface area contributed by atoms with E-state index in [1.165, 1.54) is 0 Å². The van der Waals surface area contributed by atoms with Crippen molar-refractivity contribution in [1.29, 1.82) is 0 Å². The number of rotatable bonds is 7. The molecular weight excluding hydrogens is 526 g/mol. The van der Waals surface area contributed by atoms with Crippen molar-refractivity contribution in [3.8, 4) is 5.88 Å². The van der Waals surface area contributed by atoms with Gasteiger partial charge in [-0.1, -0.05) is 42.0 Å². The summed E-state index contributed by atoms with van der Waals surface area (Å²) in [4.78, 5) is 19.3. The molecule has 40 heavy (non-hydrogen) atoms. The van der Waals surface area contributed by atoms with Gasteiger partial charge in [-0.3, -0.25) is 4.79 Å². The van der Waals surface area contributed by atoms with Crippen LogP contribution in [0.25, 0.3) is 5.57 Å². The number of likely N-dealkylation sites (N-methyl/N-ethyl adjacent to an activating group) is 1. The van der Waals surface area contributed by atoms with Crippen LogP contribution in [0, 0.1) is 0 Å². The first-order chi connectivity index (χ1) is 19.2. The van der Waals surface area contributed by atoms with E-state index in [4.69, 9.17) is 21.1 Å². The quantitative estimate of drug-likeness (QED) is 0.485. The average molecular weight is 562 g/mol. The molecule has 5 rings (SSSR count). The van der Waals surface area contributed by atoms with Crippen LogP contribution in [0.5, 0.6) is 5.88 Å². The van der Waals surface area contributed by atoms with E-state index in [-0.39, 0.29) is 5.91 Å². The number of amides is 1. The third-order valence-corrected chi connectivity index (χ3v) is 8.05. The Morgan fingerprint density at radius 3 is 2.75 bits per heavy atom. The van der Waals surface area contributed by atoms with Crippen molar-refractivity contribution >= 4 is 23.1 Å². The molecular formula is C32H36ClN3O4. The zero-order valence-corrected chi connectivity index (χ0v) is 23.9. The van der Waals surface area contributed by atoms with Gasteiger partial charge in [-0.15, -0.1) is 0 Å². The van der Waals surface area contributed by atoms with Crippen molar-refractivity contribution in [3.05, 3.63) is 100 Å². The van der Waals surface area contributed by atoms with Crippen LogP contribution in [0.1, 0.15) is 44.2 Å². The minimum atomic E-state index is -1.03. The molecule has 1 aliphatic carbocycles. The summed E-state index contributed by atoms with van der Waals surface area (Å²) >= 11 is 6.03. The third-order valence-electron chi connectivity index (χ3n) is 7.79. The standard InChI is InChI=1S/C32H36ClN3O4/c1-31(2,30(37)34-3)40-28-10-4-9-27-26(28)21-22(25-8-5-17-35-29(25)39-27)7-6-18-36-19-15-32(38,16-20-36)23-11-13-24(33)14-12-23/h4-5,7-14,17,21,28,38H,6,15-16,18-20H2,1-3H3,(H,34,37). The molecule has 3 heterocycles. The Morgan fingerprint density at radius 2 is 2.02 bits per heavy atom. The van der Waals surface area contributed by atoms with Crippen LogP contribution < -0.4 is 10.1 Å². The number of carbonyl (C=O) groups is 1. The normalized spacial score (nSPS) is 21.4. The van der Waals surface area contributed by atoms with Crippen LogP contribution in [0.15, 0.2) is 84.3 Å². The Kier molecular flexibility index (Phi) is 8.29. The van der Waals surface area contributed by atoms with Crippen LogP contribution in [-0.4, -0.2) is 59.3 Å². The van der Waals surface area contributed by atoms with Crippen molar-refractivity contribution < 1.29 is 19.4 Å². The van der Waals surface area contributed by atoms with Crippen molar-refractivity contribution in [2.75, 3.05) is 26.7 Å². The largest absolute Gasteiger partial charge is 0.438 e. The second-order valence-corrected chi connectivity index (χ2v) is 11.4. The number of hydrogen-bond acceptors (Lipinski definition) is 6. The van der Waals surface area contributed by atoms with Gasteiger partial charge >= 0.3 is 0 Å². The summed E-state index contributed by atoms with van der Waals surface area (Å²) in [5.74, 6) is 0.996. The first-order valence-electron chi connectivity index (χ1n) is 13.7. The van der Waals surface area contributed by atoms with Crippen molar-refractivity contribution in [2.24, 2.45) is 0 Å². The van der Waals surface area contributed by atoms with Crippen LogP contribution in [0.2, 0.25) is 5.02 Å². The van der Waals surface area contributed by atoms with Gasteiger partial charge in [0.25, 0.3) is 5.91 Å². The minimum Gasteiger partial charge on any atom is -0.438 e. The number of halogens is 1. The predicted molar refractivity (Wildman–Crippen MR) is 157 cm³/mol. The number of carbonyl (C=O) groups excluding carboxylic acids is 1. The van der Waals surface area contributed by atoms with E-state index in [0.29, 0.717) is 29.5 Å². The summed E-state index contributed by atoms with van der Waals surface area (Å²) in [5, 5.41) is 14.6. The highest BCUT2D eigenvalue weighted by atomic mass is 35.5.